The maximum absolute atomic E-state index is 13.4. The van der Waals surface area contributed by atoms with Crippen molar-refractivity contribution in [3.05, 3.63) is 98.9 Å². The zero-order valence-corrected chi connectivity index (χ0v) is 18.4. The van der Waals surface area contributed by atoms with Crippen molar-refractivity contribution in [3.63, 3.8) is 0 Å². The van der Waals surface area contributed by atoms with Crippen LogP contribution < -0.4 is 0 Å². The number of hydrogen-bond acceptors (Lipinski definition) is 4. The minimum absolute atomic E-state index is 0.0462. The molecule has 1 unspecified atom stereocenters. The summed E-state index contributed by atoms with van der Waals surface area (Å²) < 4.78 is 0.905. The molecule has 0 spiro atoms. The molecular formula is C23H16BrClN4O2. The first-order valence-electron chi connectivity index (χ1n) is 9.55. The highest BCUT2D eigenvalue weighted by Gasteiger charge is 2.42. The van der Waals surface area contributed by atoms with Crippen LogP contribution in [0.3, 0.4) is 0 Å². The lowest BCUT2D eigenvalue weighted by atomic mass is 9.95. The summed E-state index contributed by atoms with van der Waals surface area (Å²) in [7, 11) is 0. The number of carbonyl (C=O) groups is 1. The first-order chi connectivity index (χ1) is 15.0. The molecule has 2 N–H and O–H groups in total. The number of nitrogens with one attached hydrogen (secondary N) is 1. The third-order valence-corrected chi connectivity index (χ3v) is 6.05. The summed E-state index contributed by atoms with van der Waals surface area (Å²) in [5, 5.41) is 18.2. The Morgan fingerprint density at radius 1 is 1.16 bits per heavy atom. The van der Waals surface area contributed by atoms with E-state index in [0.29, 0.717) is 34.1 Å². The zero-order valence-electron chi connectivity index (χ0n) is 16.1. The van der Waals surface area contributed by atoms with Crippen molar-refractivity contribution >= 4 is 33.4 Å². The highest BCUT2D eigenvalue weighted by atomic mass is 79.9. The molecule has 1 amide bonds. The number of hydrogen-bond donors (Lipinski definition) is 2. The number of H-pyrrole nitrogens is 1. The van der Waals surface area contributed by atoms with E-state index >= 15 is 0 Å². The fourth-order valence-electron chi connectivity index (χ4n) is 3.97. The number of amides is 1. The Hall–Kier alpha value is -3.16. The number of aromatic amines is 1. The monoisotopic (exact) mass is 494 g/mol. The molecule has 1 aliphatic heterocycles. The van der Waals surface area contributed by atoms with Gasteiger partial charge < -0.3 is 10.0 Å². The summed E-state index contributed by atoms with van der Waals surface area (Å²) in [5.74, 6) is -0.117. The van der Waals surface area contributed by atoms with Gasteiger partial charge in [0.25, 0.3) is 5.91 Å². The third-order valence-electron chi connectivity index (χ3n) is 5.32. The minimum atomic E-state index is -0.396. The fraction of sp³-hybridized carbons (Fsp3) is 0.0870. The number of aromatic hydroxyl groups is 1. The number of fused-ring (bicyclic) bond motifs is 1. The molecule has 0 saturated carbocycles. The quantitative estimate of drug-likeness (QED) is 0.400. The summed E-state index contributed by atoms with van der Waals surface area (Å²) in [6.45, 7) is 0.382. The summed E-state index contributed by atoms with van der Waals surface area (Å²) in [6.07, 6.45) is 3.45. The van der Waals surface area contributed by atoms with Gasteiger partial charge >= 0.3 is 0 Å². The molecule has 1 atom stereocenters. The van der Waals surface area contributed by atoms with E-state index in [1.807, 2.05) is 36.4 Å². The van der Waals surface area contributed by atoms with Gasteiger partial charge in [-0.05, 0) is 47.5 Å². The number of phenolic OH excluding ortho intramolecular Hbond substituents is 1. The number of halogens is 2. The largest absolute Gasteiger partial charge is 0.507 e. The molecule has 0 saturated heterocycles. The van der Waals surface area contributed by atoms with Gasteiger partial charge in [-0.25, -0.2) is 0 Å². The van der Waals surface area contributed by atoms with Crippen molar-refractivity contribution in [3.8, 4) is 17.0 Å². The molecule has 154 valence electrons. The number of rotatable bonds is 4. The Morgan fingerprint density at radius 3 is 2.81 bits per heavy atom. The molecule has 2 aromatic carbocycles. The number of carbonyl (C=O) groups excluding carboxylic acids is 1. The van der Waals surface area contributed by atoms with Crippen LogP contribution in [0.25, 0.3) is 11.3 Å². The first kappa shape index (κ1) is 19.8. The molecular weight excluding hydrogens is 480 g/mol. The Kier molecular flexibility index (Phi) is 5.00. The van der Waals surface area contributed by atoms with Crippen LogP contribution in [-0.4, -0.2) is 31.1 Å². The summed E-state index contributed by atoms with van der Waals surface area (Å²) in [4.78, 5) is 19.4. The number of benzene rings is 2. The number of aromatic nitrogens is 3. The van der Waals surface area contributed by atoms with E-state index in [-0.39, 0.29) is 11.7 Å². The topological polar surface area (TPSA) is 82.1 Å². The maximum Gasteiger partial charge on any atom is 0.273 e. The second kappa shape index (κ2) is 7.83. The summed E-state index contributed by atoms with van der Waals surface area (Å²) >= 11 is 9.72. The average molecular weight is 496 g/mol. The van der Waals surface area contributed by atoms with Crippen LogP contribution in [0.5, 0.6) is 5.75 Å². The molecule has 1 aliphatic rings. The highest BCUT2D eigenvalue weighted by Crippen LogP contribution is 2.45. The van der Waals surface area contributed by atoms with Crippen LogP contribution in [0.1, 0.15) is 33.2 Å². The van der Waals surface area contributed by atoms with Crippen LogP contribution in [0.15, 0.2) is 71.5 Å². The van der Waals surface area contributed by atoms with Gasteiger partial charge in [-0.3, -0.25) is 14.9 Å². The molecule has 5 rings (SSSR count). The van der Waals surface area contributed by atoms with Crippen molar-refractivity contribution in [1.29, 1.82) is 0 Å². The zero-order chi connectivity index (χ0) is 21.5. The van der Waals surface area contributed by atoms with Gasteiger partial charge in [0.1, 0.15) is 17.1 Å². The molecule has 0 aliphatic carbocycles. The van der Waals surface area contributed by atoms with Crippen molar-refractivity contribution in [2.75, 3.05) is 0 Å². The SMILES string of the molecule is O=C1c2[nH]nc(-c3cc(Cl)ccc3O)c2C(c2cccc(Br)c2)N1Cc1cccnc1. The predicted molar refractivity (Wildman–Crippen MR) is 121 cm³/mol. The Morgan fingerprint density at radius 2 is 2.03 bits per heavy atom. The molecule has 2 aromatic heterocycles. The lowest BCUT2D eigenvalue weighted by Gasteiger charge is -2.26. The summed E-state index contributed by atoms with van der Waals surface area (Å²) in [6, 6.07) is 16.0. The van der Waals surface area contributed by atoms with Gasteiger partial charge in [0.15, 0.2) is 0 Å². The van der Waals surface area contributed by atoms with Crippen LogP contribution in [-0.2, 0) is 6.54 Å². The average Bonchev–Trinajstić information content (AvgIpc) is 3.30. The van der Waals surface area contributed by atoms with Gasteiger partial charge in [-0.15, -0.1) is 0 Å². The Balaban J connectivity index is 1.69. The Labute approximate surface area is 191 Å². The maximum atomic E-state index is 13.4. The first-order valence-corrected chi connectivity index (χ1v) is 10.7. The molecule has 0 radical (unpaired) electrons. The molecule has 31 heavy (non-hydrogen) atoms. The van der Waals surface area contributed by atoms with Crippen LogP contribution in [0.4, 0.5) is 0 Å². The number of pyridine rings is 1. The standard InChI is InChI=1S/C23H16BrClN4O2/c24-15-5-1-4-14(9-15)22-19-20(17-10-16(25)6-7-18(17)30)27-28-21(19)23(31)29(22)12-13-3-2-8-26-11-13/h1-11,22,30H,12H2,(H,27,28). The minimum Gasteiger partial charge on any atom is -0.507 e. The van der Waals surface area contributed by atoms with E-state index in [0.717, 1.165) is 15.6 Å². The van der Waals surface area contributed by atoms with Crippen molar-refractivity contribution < 1.29 is 9.90 Å². The van der Waals surface area contributed by atoms with Gasteiger partial charge in [0.2, 0.25) is 0 Å². The van der Waals surface area contributed by atoms with Crippen molar-refractivity contribution in [2.24, 2.45) is 0 Å². The van der Waals surface area contributed by atoms with Crippen LogP contribution in [0, 0.1) is 0 Å². The van der Waals surface area contributed by atoms with E-state index in [9.17, 15) is 9.90 Å². The molecule has 6 nitrogen and oxygen atoms in total. The molecule has 0 bridgehead atoms. The van der Waals surface area contributed by atoms with Gasteiger partial charge in [-0.1, -0.05) is 45.7 Å². The second-order valence-electron chi connectivity index (χ2n) is 7.27. The van der Waals surface area contributed by atoms with Crippen molar-refractivity contribution in [1.82, 2.24) is 20.1 Å². The van der Waals surface area contributed by atoms with Gasteiger partial charge in [0, 0.05) is 39.6 Å². The van der Waals surface area contributed by atoms with Gasteiger partial charge in [-0.2, -0.15) is 5.10 Å². The fourth-order valence-corrected chi connectivity index (χ4v) is 4.56. The van der Waals surface area contributed by atoms with E-state index in [2.05, 4.69) is 31.1 Å². The van der Waals surface area contributed by atoms with E-state index in [1.54, 1.807) is 29.4 Å². The third kappa shape index (κ3) is 3.49. The number of nitrogens with zero attached hydrogens (tertiary/aromatic N) is 3. The van der Waals surface area contributed by atoms with E-state index < -0.39 is 6.04 Å². The normalized spacial score (nSPS) is 15.4. The highest BCUT2D eigenvalue weighted by molar-refractivity contribution is 9.10. The van der Waals surface area contributed by atoms with Gasteiger partial charge in [0.05, 0.1) is 6.04 Å². The predicted octanol–water partition coefficient (Wildman–Crippen LogP) is 5.34. The van der Waals surface area contributed by atoms with Crippen LogP contribution >= 0.6 is 27.5 Å². The molecule has 0 fully saturated rings. The second-order valence-corrected chi connectivity index (χ2v) is 8.63. The van der Waals surface area contributed by atoms with Crippen molar-refractivity contribution in [2.45, 2.75) is 12.6 Å². The van der Waals surface area contributed by atoms with Crippen LogP contribution in [0.2, 0.25) is 5.02 Å². The smallest absolute Gasteiger partial charge is 0.273 e. The number of phenols is 1. The Bertz CT molecular complexity index is 1290. The summed E-state index contributed by atoms with van der Waals surface area (Å²) in [5.41, 5.74) is 3.94. The molecule has 3 heterocycles. The lowest BCUT2D eigenvalue weighted by Crippen LogP contribution is -2.29. The molecule has 4 aromatic rings. The van der Waals surface area contributed by atoms with E-state index in [1.165, 1.54) is 6.07 Å². The lowest BCUT2D eigenvalue weighted by molar-refractivity contribution is 0.0730. The van der Waals surface area contributed by atoms with E-state index in [4.69, 9.17) is 11.6 Å². The molecule has 8 heteroatoms.